The number of anilines is 1. The van der Waals surface area contributed by atoms with Crippen molar-refractivity contribution in [2.24, 2.45) is 5.92 Å². The van der Waals surface area contributed by atoms with Crippen molar-refractivity contribution in [3.05, 3.63) is 65.7 Å². The van der Waals surface area contributed by atoms with Crippen LogP contribution < -0.4 is 20.3 Å². The average Bonchev–Trinajstić information content (AvgIpc) is 3.09. The number of aryl methyl sites for hydroxylation is 1. The number of carbonyl (C=O) groups excluding carboxylic acids is 5. The lowest BCUT2D eigenvalue weighted by atomic mass is 9.97. The molecule has 0 radical (unpaired) electrons. The first-order valence-corrected chi connectivity index (χ1v) is 19.6. The quantitative estimate of drug-likeness (QED) is 0.294. The molecule has 4 rings (SSSR count). The summed E-state index contributed by atoms with van der Waals surface area (Å²) in [7, 11) is -2.54. The molecule has 0 spiro atoms. The minimum atomic E-state index is -3.98. The molecule has 2 aliphatic rings. The molecular formula is C37H52N6O9S. The van der Waals surface area contributed by atoms with Crippen LogP contribution in [0.15, 0.2) is 54.6 Å². The van der Waals surface area contributed by atoms with Gasteiger partial charge in [-0.15, -0.1) is 0 Å². The molecule has 2 bridgehead atoms. The van der Waals surface area contributed by atoms with Crippen LogP contribution in [0.1, 0.15) is 44.7 Å². The first-order chi connectivity index (χ1) is 24.9. The maximum atomic E-state index is 14.0. The first-order valence-electron chi connectivity index (χ1n) is 17.8. The zero-order valence-corrected chi connectivity index (χ0v) is 32.0. The Hall–Kier alpha value is -4.54. The van der Waals surface area contributed by atoms with Gasteiger partial charge >= 0.3 is 0 Å². The predicted octanol–water partition coefficient (Wildman–Crippen LogP) is 0.343. The van der Waals surface area contributed by atoms with E-state index in [1.165, 1.54) is 18.9 Å². The maximum absolute atomic E-state index is 14.0. The molecule has 2 fully saturated rings. The van der Waals surface area contributed by atoms with E-state index >= 15 is 0 Å². The molecule has 53 heavy (non-hydrogen) atoms. The summed E-state index contributed by atoms with van der Waals surface area (Å²) in [5.41, 5.74) is 1.78. The van der Waals surface area contributed by atoms with E-state index in [9.17, 15) is 37.5 Å². The molecule has 2 aromatic carbocycles. The number of sulfonamides is 1. The van der Waals surface area contributed by atoms with Crippen molar-refractivity contribution < 1.29 is 42.2 Å². The Kier molecular flexibility index (Phi) is 14.0. The topological polar surface area (TPSA) is 195 Å². The number of fused-ring (bicyclic) bond motifs is 2. The molecule has 2 aromatic rings. The van der Waals surface area contributed by atoms with Crippen LogP contribution in [0.2, 0.25) is 0 Å². The molecule has 4 N–H and O–H groups in total. The summed E-state index contributed by atoms with van der Waals surface area (Å²) < 4.78 is 32.7. The highest BCUT2D eigenvalue weighted by molar-refractivity contribution is 7.92. The number of aliphatic hydroxyl groups excluding tert-OH is 1. The largest absolute Gasteiger partial charge is 0.388 e. The number of nitrogens with one attached hydrogen (secondary N) is 3. The molecule has 2 heterocycles. The fraction of sp³-hybridized carbons (Fsp3) is 0.541. The third-order valence-corrected chi connectivity index (χ3v) is 10.6. The van der Waals surface area contributed by atoms with Gasteiger partial charge < -0.3 is 35.6 Å². The Morgan fingerprint density at radius 3 is 2.34 bits per heavy atom. The van der Waals surface area contributed by atoms with E-state index in [0.29, 0.717) is 0 Å². The Morgan fingerprint density at radius 2 is 1.70 bits per heavy atom. The number of aliphatic hydroxyl groups is 1. The number of carbonyl (C=O) groups is 5. The van der Waals surface area contributed by atoms with Crippen LogP contribution in [0.5, 0.6) is 0 Å². The zero-order valence-electron chi connectivity index (χ0n) is 31.2. The summed E-state index contributed by atoms with van der Waals surface area (Å²) in [6, 6.07) is 11.6. The highest BCUT2D eigenvalue weighted by atomic mass is 32.2. The molecule has 0 aliphatic carbocycles. The Labute approximate surface area is 311 Å². The molecule has 6 atom stereocenters. The van der Waals surface area contributed by atoms with Gasteiger partial charge in [0.25, 0.3) is 0 Å². The van der Waals surface area contributed by atoms with Crippen molar-refractivity contribution in [1.29, 1.82) is 0 Å². The number of likely N-dealkylation sites (N-methyl/N-ethyl adjacent to an activating group) is 1. The second-order valence-electron chi connectivity index (χ2n) is 14.3. The van der Waals surface area contributed by atoms with Crippen LogP contribution >= 0.6 is 0 Å². The molecule has 5 amide bonds. The molecule has 0 saturated carbocycles. The van der Waals surface area contributed by atoms with Crippen LogP contribution in [0.4, 0.5) is 5.69 Å². The first kappa shape index (κ1) is 41.2. The van der Waals surface area contributed by atoms with Gasteiger partial charge in [-0.25, -0.2) is 8.42 Å². The number of hydrogen-bond acceptors (Lipinski definition) is 9. The lowest BCUT2D eigenvalue weighted by Crippen LogP contribution is -2.60. The van der Waals surface area contributed by atoms with Crippen molar-refractivity contribution >= 4 is 45.2 Å². The summed E-state index contributed by atoms with van der Waals surface area (Å²) >= 11 is 0. The van der Waals surface area contributed by atoms with E-state index in [4.69, 9.17) is 4.74 Å². The van der Waals surface area contributed by atoms with Crippen LogP contribution in [0.3, 0.4) is 0 Å². The minimum absolute atomic E-state index is 0.0621. The van der Waals surface area contributed by atoms with Gasteiger partial charge in [0.05, 0.1) is 31.1 Å². The number of rotatable bonds is 8. The predicted molar refractivity (Wildman–Crippen MR) is 198 cm³/mol. The van der Waals surface area contributed by atoms with E-state index < -0.39 is 89.0 Å². The molecule has 0 unspecified atom stereocenters. The normalized spacial score (nSPS) is 25.3. The Bertz CT molecular complexity index is 1740. The van der Waals surface area contributed by atoms with Crippen LogP contribution in [0.25, 0.3) is 0 Å². The van der Waals surface area contributed by atoms with Crippen LogP contribution in [0, 0.1) is 12.8 Å². The fourth-order valence-electron chi connectivity index (χ4n) is 6.42. The molecule has 16 heteroatoms. The van der Waals surface area contributed by atoms with Gasteiger partial charge in [-0.05, 0) is 55.9 Å². The zero-order chi connectivity index (χ0) is 39.0. The monoisotopic (exact) mass is 756 g/mol. The third-order valence-electron chi connectivity index (χ3n) is 9.50. The van der Waals surface area contributed by atoms with Crippen molar-refractivity contribution in [3.8, 4) is 0 Å². The number of benzene rings is 2. The third kappa shape index (κ3) is 11.2. The molecule has 2 aliphatic heterocycles. The number of hydrogen-bond donors (Lipinski definition) is 4. The Balaban J connectivity index is 1.72. The van der Waals surface area contributed by atoms with Crippen molar-refractivity contribution in [2.75, 3.05) is 43.8 Å². The molecular weight excluding hydrogens is 705 g/mol. The van der Waals surface area contributed by atoms with Crippen LogP contribution in [-0.4, -0.2) is 129 Å². The summed E-state index contributed by atoms with van der Waals surface area (Å²) in [5, 5.41) is 19.9. The van der Waals surface area contributed by atoms with E-state index in [-0.39, 0.29) is 44.0 Å². The molecule has 2 saturated heterocycles. The number of amides is 5. The van der Waals surface area contributed by atoms with Crippen molar-refractivity contribution in [3.63, 3.8) is 0 Å². The van der Waals surface area contributed by atoms with Gasteiger partial charge in [0.2, 0.25) is 39.6 Å². The van der Waals surface area contributed by atoms with E-state index in [0.717, 1.165) is 26.6 Å². The van der Waals surface area contributed by atoms with Gasteiger partial charge in [0, 0.05) is 20.1 Å². The molecule has 0 aromatic heterocycles. The summed E-state index contributed by atoms with van der Waals surface area (Å²) in [5.74, 6) is -3.26. The van der Waals surface area contributed by atoms with Gasteiger partial charge in [0.15, 0.2) is 0 Å². The average molecular weight is 757 g/mol. The smallest absolute Gasteiger partial charge is 0.245 e. The lowest BCUT2D eigenvalue weighted by molar-refractivity contribution is -0.145. The highest BCUT2D eigenvalue weighted by Crippen LogP contribution is 2.21. The van der Waals surface area contributed by atoms with Gasteiger partial charge in [0.1, 0.15) is 36.9 Å². The van der Waals surface area contributed by atoms with Crippen molar-refractivity contribution in [2.45, 2.75) is 83.3 Å². The number of nitrogens with zero attached hydrogens (tertiary/aromatic N) is 3. The molecule has 15 nitrogen and oxygen atoms in total. The molecule has 290 valence electrons. The van der Waals surface area contributed by atoms with Gasteiger partial charge in [-0.3, -0.25) is 28.3 Å². The van der Waals surface area contributed by atoms with Crippen LogP contribution in [-0.2, 0) is 45.2 Å². The fourth-order valence-corrected chi connectivity index (χ4v) is 7.27. The highest BCUT2D eigenvalue weighted by Gasteiger charge is 2.39. The second kappa shape index (κ2) is 18.0. The van der Waals surface area contributed by atoms with Crippen molar-refractivity contribution in [1.82, 2.24) is 25.8 Å². The summed E-state index contributed by atoms with van der Waals surface area (Å²) in [6.07, 6.45) is -0.928. The standard InChI is InChI=1S/C37H52N6O9S/c1-23(2)17-30-37(49)41(5)25(4)35(47)40-29(19-26-12-8-7-9-13-26)36(48)39-28-15-16-52-31(34(28)46)20-42(21-32(44)38-30)33(45)22-43(53(6,50)51)27-14-10-11-24(3)18-27/h7-14,18,23,25,28-31,34,46H,15-17,19-22H2,1-6H3,(H,38,44)(H,39,48)(H,40,47)/t25-,28-,29-,30+,31+,34-/m0/s1. The summed E-state index contributed by atoms with van der Waals surface area (Å²) in [6.45, 7) is 5.51. The minimum Gasteiger partial charge on any atom is -0.388 e. The maximum Gasteiger partial charge on any atom is 0.245 e. The lowest BCUT2D eigenvalue weighted by Gasteiger charge is -2.38. The SMILES string of the molecule is Cc1cccc(N(CC(=O)N2CC(=O)N[C@H](CC(C)C)C(=O)N(C)[C@@H](C)C(=O)N[C@@H](Cc3ccccc3)C(=O)N[C@H]3CCO[C@H](C2)[C@H]3O)S(C)(=O)=O)c1. The summed E-state index contributed by atoms with van der Waals surface area (Å²) in [4.78, 5) is 71.3. The van der Waals surface area contributed by atoms with E-state index in [2.05, 4.69) is 16.0 Å². The van der Waals surface area contributed by atoms with E-state index in [1.54, 1.807) is 31.2 Å². The Morgan fingerprint density at radius 1 is 1.00 bits per heavy atom. The number of ether oxygens (including phenoxy) is 1. The second-order valence-corrected chi connectivity index (χ2v) is 16.2. The van der Waals surface area contributed by atoms with E-state index in [1.807, 2.05) is 44.2 Å². The van der Waals surface area contributed by atoms with Gasteiger partial charge in [-0.2, -0.15) is 0 Å². The van der Waals surface area contributed by atoms with Gasteiger partial charge in [-0.1, -0.05) is 56.3 Å².